The van der Waals surface area contributed by atoms with Gasteiger partial charge in [-0.3, -0.25) is 4.90 Å². The molecule has 1 saturated heterocycles. The predicted molar refractivity (Wildman–Crippen MR) is 105 cm³/mol. The van der Waals surface area contributed by atoms with Crippen molar-refractivity contribution >= 4 is 23.3 Å². The van der Waals surface area contributed by atoms with Gasteiger partial charge in [0, 0.05) is 43.4 Å². The van der Waals surface area contributed by atoms with Crippen LogP contribution >= 0.6 is 11.6 Å². The number of carbonyl (C=O) groups is 1. The van der Waals surface area contributed by atoms with Gasteiger partial charge in [0.1, 0.15) is 5.75 Å². The van der Waals surface area contributed by atoms with Crippen molar-refractivity contribution in [1.82, 2.24) is 9.80 Å². The lowest BCUT2D eigenvalue weighted by atomic mass is 10.2. The van der Waals surface area contributed by atoms with Crippen LogP contribution in [-0.4, -0.2) is 49.1 Å². The summed E-state index contributed by atoms with van der Waals surface area (Å²) >= 11 is 6.12. The third-order valence-corrected chi connectivity index (χ3v) is 5.06. The number of piperazine rings is 1. The molecule has 0 spiro atoms. The van der Waals surface area contributed by atoms with Crippen molar-refractivity contribution in [1.29, 1.82) is 0 Å². The molecule has 2 aromatic rings. The molecular weight excluding hydrogens is 350 g/mol. The number of anilines is 1. The molecule has 2 amide bonds. The van der Waals surface area contributed by atoms with Crippen molar-refractivity contribution in [3.63, 3.8) is 0 Å². The van der Waals surface area contributed by atoms with Crippen LogP contribution in [0.1, 0.15) is 11.1 Å². The molecule has 0 bridgehead atoms. The highest BCUT2D eigenvalue weighted by Crippen LogP contribution is 2.20. The second-order valence-corrected chi connectivity index (χ2v) is 6.91. The van der Waals surface area contributed by atoms with E-state index in [4.69, 9.17) is 16.3 Å². The molecule has 138 valence electrons. The smallest absolute Gasteiger partial charge is 0.321 e. The topological polar surface area (TPSA) is 44.8 Å². The lowest BCUT2D eigenvalue weighted by Crippen LogP contribution is -2.49. The average Bonchev–Trinajstić information content (AvgIpc) is 2.66. The van der Waals surface area contributed by atoms with Crippen LogP contribution in [0.2, 0.25) is 5.02 Å². The Kier molecular flexibility index (Phi) is 6.01. The second kappa shape index (κ2) is 8.43. The fourth-order valence-corrected chi connectivity index (χ4v) is 3.15. The molecule has 1 aliphatic rings. The number of rotatable bonds is 4. The fraction of sp³-hybridized carbons (Fsp3) is 0.350. The molecule has 0 aliphatic carbocycles. The van der Waals surface area contributed by atoms with Crippen molar-refractivity contribution in [2.75, 3.05) is 38.6 Å². The largest absolute Gasteiger partial charge is 0.497 e. The van der Waals surface area contributed by atoms with Crippen LogP contribution in [-0.2, 0) is 6.54 Å². The maximum Gasteiger partial charge on any atom is 0.321 e. The first-order chi connectivity index (χ1) is 12.5. The van der Waals surface area contributed by atoms with Crippen LogP contribution in [0.5, 0.6) is 5.75 Å². The van der Waals surface area contributed by atoms with Gasteiger partial charge < -0.3 is 15.0 Å². The SMILES string of the molecule is COc1ccc(CN2CCN(C(=O)Nc3ccc(C)c(Cl)c3)CC2)cc1. The van der Waals surface area contributed by atoms with E-state index in [1.165, 1.54) is 5.56 Å². The Bertz CT molecular complexity index is 756. The third-order valence-electron chi connectivity index (χ3n) is 4.65. The molecule has 5 nitrogen and oxygen atoms in total. The van der Waals surface area contributed by atoms with Gasteiger partial charge in [-0.05, 0) is 42.3 Å². The maximum atomic E-state index is 12.4. The number of halogens is 1. The zero-order valence-electron chi connectivity index (χ0n) is 15.2. The molecule has 0 unspecified atom stereocenters. The zero-order valence-corrected chi connectivity index (χ0v) is 15.9. The van der Waals surface area contributed by atoms with E-state index < -0.39 is 0 Å². The lowest BCUT2D eigenvalue weighted by Gasteiger charge is -2.34. The summed E-state index contributed by atoms with van der Waals surface area (Å²) in [4.78, 5) is 16.6. The first kappa shape index (κ1) is 18.5. The molecule has 2 aromatic carbocycles. The van der Waals surface area contributed by atoms with Crippen molar-refractivity contribution < 1.29 is 9.53 Å². The number of hydrogen-bond acceptors (Lipinski definition) is 3. The summed E-state index contributed by atoms with van der Waals surface area (Å²) in [6, 6.07) is 13.6. The van der Waals surface area contributed by atoms with Crippen molar-refractivity contribution in [3.8, 4) is 5.75 Å². The molecule has 0 atom stereocenters. The minimum Gasteiger partial charge on any atom is -0.497 e. The number of nitrogens with one attached hydrogen (secondary N) is 1. The lowest BCUT2D eigenvalue weighted by molar-refractivity contribution is 0.143. The summed E-state index contributed by atoms with van der Waals surface area (Å²) in [5.41, 5.74) is 2.97. The quantitative estimate of drug-likeness (QED) is 0.880. The van der Waals surface area contributed by atoms with Gasteiger partial charge in [0.05, 0.1) is 7.11 Å². The normalized spacial score (nSPS) is 15.0. The Morgan fingerprint density at radius 2 is 1.81 bits per heavy atom. The molecule has 0 saturated carbocycles. The Labute approximate surface area is 159 Å². The Balaban J connectivity index is 1.49. The molecular formula is C20H24ClN3O2. The van der Waals surface area contributed by atoms with E-state index in [0.717, 1.165) is 36.6 Å². The first-order valence-corrected chi connectivity index (χ1v) is 9.10. The molecule has 26 heavy (non-hydrogen) atoms. The van der Waals surface area contributed by atoms with Crippen LogP contribution in [0.3, 0.4) is 0 Å². The van der Waals surface area contributed by atoms with Gasteiger partial charge in [0.2, 0.25) is 0 Å². The summed E-state index contributed by atoms with van der Waals surface area (Å²) in [6.45, 7) is 5.95. The number of urea groups is 1. The molecule has 3 rings (SSSR count). The van der Waals surface area contributed by atoms with Gasteiger partial charge in [0.25, 0.3) is 0 Å². The van der Waals surface area contributed by atoms with E-state index in [0.29, 0.717) is 18.1 Å². The second-order valence-electron chi connectivity index (χ2n) is 6.51. The fourth-order valence-electron chi connectivity index (χ4n) is 2.97. The summed E-state index contributed by atoms with van der Waals surface area (Å²) in [6.07, 6.45) is 0. The minimum atomic E-state index is -0.0750. The molecule has 1 aliphatic heterocycles. The number of aryl methyl sites for hydroxylation is 1. The van der Waals surface area contributed by atoms with Crippen LogP contribution in [0.25, 0.3) is 0 Å². The van der Waals surface area contributed by atoms with E-state index >= 15 is 0 Å². The third kappa shape index (κ3) is 4.68. The van der Waals surface area contributed by atoms with Crippen molar-refractivity contribution in [3.05, 3.63) is 58.6 Å². The summed E-state index contributed by atoms with van der Waals surface area (Å²) in [7, 11) is 1.67. The Morgan fingerprint density at radius 1 is 1.12 bits per heavy atom. The van der Waals surface area contributed by atoms with E-state index in [9.17, 15) is 4.79 Å². The molecule has 1 heterocycles. The van der Waals surface area contributed by atoms with Crippen molar-refractivity contribution in [2.45, 2.75) is 13.5 Å². The highest BCUT2D eigenvalue weighted by atomic mass is 35.5. The standard InChI is InChI=1S/C20H24ClN3O2/c1-15-3-6-17(13-19(15)21)22-20(25)24-11-9-23(10-12-24)14-16-4-7-18(26-2)8-5-16/h3-8,13H,9-12,14H2,1-2H3,(H,22,25). The predicted octanol–water partition coefficient (Wildman–Crippen LogP) is 4.01. The number of methoxy groups -OCH3 is 1. The Hall–Kier alpha value is -2.24. The maximum absolute atomic E-state index is 12.4. The Morgan fingerprint density at radius 3 is 2.42 bits per heavy atom. The van der Waals surface area contributed by atoms with Gasteiger partial charge in [-0.1, -0.05) is 29.8 Å². The zero-order chi connectivity index (χ0) is 18.5. The van der Waals surface area contributed by atoms with Crippen LogP contribution < -0.4 is 10.1 Å². The number of hydrogen-bond donors (Lipinski definition) is 1. The minimum absolute atomic E-state index is 0.0750. The van der Waals surface area contributed by atoms with Gasteiger partial charge >= 0.3 is 6.03 Å². The van der Waals surface area contributed by atoms with Crippen LogP contribution in [0.15, 0.2) is 42.5 Å². The number of carbonyl (C=O) groups excluding carboxylic acids is 1. The highest BCUT2D eigenvalue weighted by molar-refractivity contribution is 6.31. The monoisotopic (exact) mass is 373 g/mol. The van der Waals surface area contributed by atoms with Crippen molar-refractivity contribution in [2.24, 2.45) is 0 Å². The average molecular weight is 374 g/mol. The van der Waals surface area contributed by atoms with Crippen LogP contribution in [0.4, 0.5) is 10.5 Å². The highest BCUT2D eigenvalue weighted by Gasteiger charge is 2.21. The first-order valence-electron chi connectivity index (χ1n) is 8.72. The molecule has 1 N–H and O–H groups in total. The van der Waals surface area contributed by atoms with Gasteiger partial charge in [-0.2, -0.15) is 0 Å². The summed E-state index contributed by atoms with van der Waals surface area (Å²) in [5, 5.41) is 3.59. The number of benzene rings is 2. The molecule has 0 aromatic heterocycles. The number of ether oxygens (including phenoxy) is 1. The molecule has 1 fully saturated rings. The number of nitrogens with zero attached hydrogens (tertiary/aromatic N) is 2. The van der Waals surface area contributed by atoms with Gasteiger partial charge in [0.15, 0.2) is 0 Å². The van der Waals surface area contributed by atoms with E-state index in [2.05, 4.69) is 22.3 Å². The molecule has 0 radical (unpaired) electrons. The molecule has 6 heteroatoms. The van der Waals surface area contributed by atoms with Gasteiger partial charge in [-0.15, -0.1) is 0 Å². The van der Waals surface area contributed by atoms with Gasteiger partial charge in [-0.25, -0.2) is 4.79 Å². The van der Waals surface area contributed by atoms with E-state index in [-0.39, 0.29) is 6.03 Å². The van der Waals surface area contributed by atoms with E-state index in [1.807, 2.05) is 36.1 Å². The summed E-state index contributed by atoms with van der Waals surface area (Å²) < 4.78 is 5.19. The van der Waals surface area contributed by atoms with E-state index in [1.54, 1.807) is 13.2 Å². The van der Waals surface area contributed by atoms with Crippen LogP contribution in [0, 0.1) is 6.92 Å². The number of amides is 2. The summed E-state index contributed by atoms with van der Waals surface area (Å²) in [5.74, 6) is 0.867.